The van der Waals surface area contributed by atoms with Crippen LogP contribution in [0.15, 0.2) is 17.2 Å². The molecule has 6 heteroatoms. The van der Waals surface area contributed by atoms with Gasteiger partial charge in [-0.15, -0.1) is 0 Å². The topological polar surface area (TPSA) is 64.4 Å². The van der Waals surface area contributed by atoms with Gasteiger partial charge in [0.1, 0.15) is 6.04 Å². The fourth-order valence-corrected chi connectivity index (χ4v) is 2.76. The first-order valence-corrected chi connectivity index (χ1v) is 7.22. The van der Waals surface area contributed by atoms with Gasteiger partial charge in [0.25, 0.3) is 5.56 Å². The predicted octanol–water partition coefficient (Wildman–Crippen LogP) is 1.11. The maximum absolute atomic E-state index is 12.5. The van der Waals surface area contributed by atoms with E-state index in [4.69, 9.17) is 4.74 Å². The van der Waals surface area contributed by atoms with Crippen LogP contribution in [0.25, 0.3) is 0 Å². The lowest BCUT2D eigenvalue weighted by Gasteiger charge is -2.23. The molecule has 1 saturated carbocycles. The first-order valence-electron chi connectivity index (χ1n) is 7.22. The quantitative estimate of drug-likeness (QED) is 0.771. The minimum absolute atomic E-state index is 0.0915. The van der Waals surface area contributed by atoms with E-state index in [1.165, 1.54) is 0 Å². The summed E-state index contributed by atoms with van der Waals surface area (Å²) in [4.78, 5) is 30.5. The minimum Gasteiger partial charge on any atom is -0.464 e. The van der Waals surface area contributed by atoms with Gasteiger partial charge in [0, 0.05) is 25.0 Å². The molecule has 0 spiro atoms. The Labute approximate surface area is 117 Å². The van der Waals surface area contributed by atoms with Crippen molar-refractivity contribution >= 4 is 11.8 Å². The molecule has 0 radical (unpaired) electrons. The third kappa shape index (κ3) is 2.30. The Balaban J connectivity index is 1.89. The molecule has 2 fully saturated rings. The zero-order valence-corrected chi connectivity index (χ0v) is 11.6. The van der Waals surface area contributed by atoms with Gasteiger partial charge < -0.3 is 14.2 Å². The first kappa shape index (κ1) is 13.1. The van der Waals surface area contributed by atoms with Crippen LogP contribution in [0.1, 0.15) is 38.6 Å². The molecule has 0 aromatic carbocycles. The monoisotopic (exact) mass is 277 g/mol. The highest BCUT2D eigenvalue weighted by atomic mass is 16.5. The van der Waals surface area contributed by atoms with Gasteiger partial charge in [-0.05, 0) is 32.6 Å². The molecule has 1 saturated heterocycles. The number of carbonyl (C=O) groups excluding carboxylic acids is 1. The van der Waals surface area contributed by atoms with E-state index in [2.05, 4.69) is 4.98 Å². The molecule has 3 rings (SSSR count). The lowest BCUT2D eigenvalue weighted by molar-refractivity contribution is -0.144. The highest BCUT2D eigenvalue weighted by Gasteiger charge is 2.35. The smallest absolute Gasteiger partial charge is 0.328 e. The Morgan fingerprint density at radius 2 is 2.25 bits per heavy atom. The molecule has 1 aromatic heterocycles. The molecule has 0 N–H and O–H groups in total. The maximum Gasteiger partial charge on any atom is 0.328 e. The molecule has 20 heavy (non-hydrogen) atoms. The average molecular weight is 277 g/mol. The fraction of sp³-hybridized carbons (Fsp3) is 0.643. The molecule has 1 aliphatic carbocycles. The van der Waals surface area contributed by atoms with E-state index in [0.717, 1.165) is 25.7 Å². The summed E-state index contributed by atoms with van der Waals surface area (Å²) in [6.07, 6.45) is 7.07. The van der Waals surface area contributed by atoms with Crippen LogP contribution in [-0.2, 0) is 9.53 Å². The Morgan fingerprint density at radius 1 is 1.45 bits per heavy atom. The van der Waals surface area contributed by atoms with Crippen LogP contribution in [0.5, 0.6) is 0 Å². The second-order valence-corrected chi connectivity index (χ2v) is 5.30. The summed E-state index contributed by atoms with van der Waals surface area (Å²) in [5.41, 5.74) is -0.0915. The molecule has 0 bridgehead atoms. The highest BCUT2D eigenvalue weighted by Crippen LogP contribution is 2.33. The number of aromatic nitrogens is 2. The lowest BCUT2D eigenvalue weighted by Crippen LogP contribution is -2.41. The molecule has 6 nitrogen and oxygen atoms in total. The second-order valence-electron chi connectivity index (χ2n) is 5.30. The molecule has 2 heterocycles. The molecule has 0 amide bonds. The summed E-state index contributed by atoms with van der Waals surface area (Å²) >= 11 is 0. The van der Waals surface area contributed by atoms with Crippen molar-refractivity contribution in [3.8, 4) is 0 Å². The SMILES string of the molecule is CCOC(=O)C1CCCN1c1nccn(C2CC2)c1=O. The van der Waals surface area contributed by atoms with Gasteiger partial charge in [0.2, 0.25) is 0 Å². The van der Waals surface area contributed by atoms with Crippen molar-refractivity contribution in [2.45, 2.75) is 44.7 Å². The number of rotatable bonds is 4. The molecule has 1 atom stereocenters. The molecular weight excluding hydrogens is 258 g/mol. The first-order chi connectivity index (χ1) is 9.72. The van der Waals surface area contributed by atoms with Gasteiger partial charge in [0.05, 0.1) is 6.61 Å². The third-order valence-corrected chi connectivity index (χ3v) is 3.87. The molecule has 1 aliphatic heterocycles. The Bertz CT molecular complexity index is 565. The number of nitrogens with zero attached hydrogens (tertiary/aromatic N) is 3. The number of hydrogen-bond donors (Lipinski definition) is 0. The molecule has 2 aliphatic rings. The zero-order chi connectivity index (χ0) is 14.1. The van der Waals surface area contributed by atoms with Gasteiger partial charge in [0.15, 0.2) is 5.82 Å². The summed E-state index contributed by atoms with van der Waals surface area (Å²) in [7, 11) is 0. The van der Waals surface area contributed by atoms with E-state index in [-0.39, 0.29) is 17.6 Å². The number of esters is 1. The van der Waals surface area contributed by atoms with E-state index in [1.54, 1.807) is 28.8 Å². The van der Waals surface area contributed by atoms with E-state index in [9.17, 15) is 9.59 Å². The summed E-state index contributed by atoms with van der Waals surface area (Å²) < 4.78 is 6.83. The van der Waals surface area contributed by atoms with Crippen molar-refractivity contribution in [3.63, 3.8) is 0 Å². The summed E-state index contributed by atoms with van der Waals surface area (Å²) in [5, 5.41) is 0. The minimum atomic E-state index is -0.370. The van der Waals surface area contributed by atoms with Gasteiger partial charge in [-0.1, -0.05) is 0 Å². The zero-order valence-electron chi connectivity index (χ0n) is 11.6. The summed E-state index contributed by atoms with van der Waals surface area (Å²) in [6.45, 7) is 2.83. The van der Waals surface area contributed by atoms with Crippen molar-refractivity contribution in [1.82, 2.24) is 9.55 Å². The summed E-state index contributed by atoms with van der Waals surface area (Å²) in [6, 6.07) is -0.0573. The lowest BCUT2D eigenvalue weighted by atomic mass is 10.2. The summed E-state index contributed by atoms with van der Waals surface area (Å²) in [5.74, 6) is 0.128. The fourth-order valence-electron chi connectivity index (χ4n) is 2.76. The molecule has 1 aromatic rings. The number of ether oxygens (including phenoxy) is 1. The predicted molar refractivity (Wildman–Crippen MR) is 73.8 cm³/mol. The standard InChI is InChI=1S/C14H19N3O3/c1-2-20-14(19)11-4-3-8-17(11)12-13(18)16(9-7-15-12)10-5-6-10/h7,9-11H,2-6,8H2,1H3. The van der Waals surface area contributed by atoms with Crippen LogP contribution < -0.4 is 10.5 Å². The molecular formula is C14H19N3O3. The van der Waals surface area contributed by atoms with Crippen molar-refractivity contribution in [2.75, 3.05) is 18.1 Å². The molecule has 1 unspecified atom stereocenters. The Kier molecular flexibility index (Phi) is 3.46. The Hall–Kier alpha value is -1.85. The van der Waals surface area contributed by atoms with E-state index in [0.29, 0.717) is 25.0 Å². The van der Waals surface area contributed by atoms with Gasteiger partial charge in [-0.2, -0.15) is 0 Å². The highest BCUT2D eigenvalue weighted by molar-refractivity contribution is 5.80. The van der Waals surface area contributed by atoms with Crippen LogP contribution in [0, 0.1) is 0 Å². The molecule has 108 valence electrons. The van der Waals surface area contributed by atoms with E-state index >= 15 is 0 Å². The third-order valence-electron chi connectivity index (χ3n) is 3.87. The van der Waals surface area contributed by atoms with Crippen LogP contribution >= 0.6 is 0 Å². The number of hydrogen-bond acceptors (Lipinski definition) is 5. The van der Waals surface area contributed by atoms with Crippen molar-refractivity contribution in [2.24, 2.45) is 0 Å². The number of anilines is 1. The van der Waals surface area contributed by atoms with Crippen LogP contribution in [0.3, 0.4) is 0 Å². The van der Waals surface area contributed by atoms with Crippen molar-refractivity contribution in [3.05, 3.63) is 22.7 Å². The Morgan fingerprint density at radius 3 is 2.95 bits per heavy atom. The van der Waals surface area contributed by atoms with Crippen molar-refractivity contribution < 1.29 is 9.53 Å². The van der Waals surface area contributed by atoms with Crippen LogP contribution in [-0.4, -0.2) is 34.7 Å². The van der Waals surface area contributed by atoms with Gasteiger partial charge in [-0.3, -0.25) is 4.79 Å². The van der Waals surface area contributed by atoms with E-state index in [1.807, 2.05) is 0 Å². The van der Waals surface area contributed by atoms with E-state index < -0.39 is 0 Å². The van der Waals surface area contributed by atoms with Gasteiger partial charge in [-0.25, -0.2) is 9.78 Å². The second kappa shape index (κ2) is 5.26. The average Bonchev–Trinajstić information content (AvgIpc) is 3.16. The van der Waals surface area contributed by atoms with Crippen LogP contribution in [0.2, 0.25) is 0 Å². The normalized spacial score (nSPS) is 22.1. The maximum atomic E-state index is 12.5. The van der Waals surface area contributed by atoms with Crippen molar-refractivity contribution in [1.29, 1.82) is 0 Å². The van der Waals surface area contributed by atoms with Gasteiger partial charge >= 0.3 is 5.97 Å². The largest absolute Gasteiger partial charge is 0.464 e. The number of carbonyl (C=O) groups is 1. The van der Waals surface area contributed by atoms with Crippen LogP contribution in [0.4, 0.5) is 5.82 Å².